The molecule has 1 amide bonds. The Kier molecular flexibility index (Phi) is 6.74. The number of carbonyl (C=O) groups excluding carboxylic acids is 1. The van der Waals surface area contributed by atoms with E-state index >= 15 is 0 Å². The van der Waals surface area contributed by atoms with E-state index < -0.39 is 0 Å². The Labute approximate surface area is 180 Å². The fraction of sp³-hybridized carbons (Fsp3) is 0.391. The zero-order valence-corrected chi connectivity index (χ0v) is 18.5. The lowest BCUT2D eigenvalue weighted by molar-refractivity contribution is 0.0954. The molecule has 0 saturated carbocycles. The number of hydrogen-bond donors (Lipinski definition) is 1. The van der Waals surface area contributed by atoms with Crippen LogP contribution in [0.4, 0.5) is 0 Å². The Bertz CT molecular complexity index is 939. The summed E-state index contributed by atoms with van der Waals surface area (Å²) in [6, 6.07) is 12.3. The second kappa shape index (κ2) is 9.65. The molecule has 1 aliphatic heterocycles. The maximum atomic E-state index is 12.4. The van der Waals surface area contributed by atoms with E-state index in [1.54, 1.807) is 22.7 Å². The van der Waals surface area contributed by atoms with Crippen molar-refractivity contribution < 1.29 is 4.79 Å². The summed E-state index contributed by atoms with van der Waals surface area (Å²) < 4.78 is 0. The molecule has 3 aromatic rings. The van der Waals surface area contributed by atoms with E-state index in [9.17, 15) is 4.79 Å². The van der Waals surface area contributed by atoms with Gasteiger partial charge >= 0.3 is 0 Å². The summed E-state index contributed by atoms with van der Waals surface area (Å²) in [4.78, 5) is 21.9. The van der Waals surface area contributed by atoms with E-state index in [1.165, 1.54) is 47.7 Å². The number of carbonyl (C=O) groups is 1. The van der Waals surface area contributed by atoms with Crippen LogP contribution in [0.5, 0.6) is 0 Å². The minimum atomic E-state index is 0.00132. The first-order chi connectivity index (χ1) is 14.2. The summed E-state index contributed by atoms with van der Waals surface area (Å²) in [5.41, 5.74) is 3.07. The first-order valence-corrected chi connectivity index (χ1v) is 12.0. The highest BCUT2D eigenvalue weighted by molar-refractivity contribution is 7.16. The largest absolute Gasteiger partial charge is 0.352 e. The van der Waals surface area contributed by atoms with Crippen LogP contribution in [-0.4, -0.2) is 35.4 Å². The van der Waals surface area contributed by atoms with E-state index in [2.05, 4.69) is 44.8 Å². The van der Waals surface area contributed by atoms with Gasteiger partial charge in [0.2, 0.25) is 0 Å². The third-order valence-electron chi connectivity index (χ3n) is 5.26. The van der Waals surface area contributed by atoms with Crippen molar-refractivity contribution >= 4 is 28.6 Å². The SMILES string of the molecule is Cc1nc(-c2ccc(CCNC(=O)c3ccc(CN4CCCCC4)cc3)s2)cs1. The maximum absolute atomic E-state index is 12.4. The first-order valence-electron chi connectivity index (χ1n) is 10.3. The normalized spacial score (nSPS) is 14.8. The number of aromatic nitrogens is 1. The van der Waals surface area contributed by atoms with Crippen molar-refractivity contribution in [1.82, 2.24) is 15.2 Å². The standard InChI is InChI=1S/C23H27N3OS2/c1-17-25-21(16-28-17)22-10-9-20(29-22)11-12-24-23(27)19-7-5-18(6-8-19)15-26-13-3-2-4-14-26/h5-10,16H,2-4,11-15H2,1H3,(H,24,27). The summed E-state index contributed by atoms with van der Waals surface area (Å²) in [6.07, 6.45) is 4.80. The van der Waals surface area contributed by atoms with Crippen molar-refractivity contribution in [2.45, 2.75) is 39.2 Å². The fourth-order valence-corrected chi connectivity index (χ4v) is 5.32. The molecule has 4 nitrogen and oxygen atoms in total. The molecule has 1 saturated heterocycles. The Hall–Kier alpha value is -2.02. The van der Waals surface area contributed by atoms with Crippen molar-refractivity contribution in [3.05, 3.63) is 62.8 Å². The van der Waals surface area contributed by atoms with Gasteiger partial charge in [0.15, 0.2) is 0 Å². The maximum Gasteiger partial charge on any atom is 0.251 e. The molecule has 0 unspecified atom stereocenters. The van der Waals surface area contributed by atoms with Gasteiger partial charge in [-0.05, 0) is 69.1 Å². The van der Waals surface area contributed by atoms with Gasteiger partial charge in [-0.2, -0.15) is 0 Å². The second-order valence-electron chi connectivity index (χ2n) is 7.56. The molecule has 1 fully saturated rings. The Balaban J connectivity index is 1.25. The van der Waals surface area contributed by atoms with E-state index in [4.69, 9.17) is 0 Å². The summed E-state index contributed by atoms with van der Waals surface area (Å²) in [7, 11) is 0. The number of rotatable bonds is 7. The molecule has 1 N–H and O–H groups in total. The third kappa shape index (κ3) is 5.53. The Morgan fingerprint density at radius 1 is 1.10 bits per heavy atom. The van der Waals surface area contributed by atoms with E-state index in [-0.39, 0.29) is 5.91 Å². The highest BCUT2D eigenvalue weighted by Gasteiger charge is 2.11. The lowest BCUT2D eigenvalue weighted by atomic mass is 10.1. The van der Waals surface area contributed by atoms with Gasteiger partial charge < -0.3 is 5.32 Å². The molecule has 2 aromatic heterocycles. The van der Waals surface area contributed by atoms with Crippen molar-refractivity contribution in [3.8, 4) is 10.6 Å². The minimum absolute atomic E-state index is 0.00132. The quantitative estimate of drug-likeness (QED) is 0.570. The molecule has 0 aliphatic carbocycles. The summed E-state index contributed by atoms with van der Waals surface area (Å²) in [5.74, 6) is 0.00132. The van der Waals surface area contributed by atoms with Crippen molar-refractivity contribution in [1.29, 1.82) is 0 Å². The lowest BCUT2D eigenvalue weighted by Gasteiger charge is -2.26. The van der Waals surface area contributed by atoms with Crippen LogP contribution in [0.2, 0.25) is 0 Å². The Morgan fingerprint density at radius 2 is 1.90 bits per heavy atom. The molecule has 0 radical (unpaired) electrons. The summed E-state index contributed by atoms with van der Waals surface area (Å²) in [6.45, 7) is 6.04. The van der Waals surface area contributed by atoms with Crippen LogP contribution in [0.25, 0.3) is 10.6 Å². The second-order valence-corrected chi connectivity index (χ2v) is 9.79. The van der Waals surface area contributed by atoms with Gasteiger partial charge in [-0.25, -0.2) is 4.98 Å². The molecule has 3 heterocycles. The van der Waals surface area contributed by atoms with E-state index in [1.807, 2.05) is 19.1 Å². The van der Waals surface area contributed by atoms with Crippen molar-refractivity contribution in [2.24, 2.45) is 0 Å². The minimum Gasteiger partial charge on any atom is -0.352 e. The van der Waals surface area contributed by atoms with Crippen LogP contribution in [-0.2, 0) is 13.0 Å². The van der Waals surface area contributed by atoms with Gasteiger partial charge in [0.25, 0.3) is 5.91 Å². The third-order valence-corrected chi connectivity index (χ3v) is 7.20. The number of likely N-dealkylation sites (tertiary alicyclic amines) is 1. The number of piperidine rings is 1. The number of nitrogens with one attached hydrogen (secondary N) is 1. The van der Waals surface area contributed by atoms with Crippen LogP contribution in [0, 0.1) is 6.92 Å². The molecular formula is C23H27N3OS2. The molecule has 4 rings (SSSR count). The first kappa shape index (κ1) is 20.3. The highest BCUT2D eigenvalue weighted by Crippen LogP contribution is 2.29. The zero-order valence-electron chi connectivity index (χ0n) is 16.8. The molecule has 1 aliphatic rings. The molecule has 29 heavy (non-hydrogen) atoms. The summed E-state index contributed by atoms with van der Waals surface area (Å²) >= 11 is 3.43. The number of nitrogens with zero attached hydrogens (tertiary/aromatic N) is 2. The molecule has 0 atom stereocenters. The highest BCUT2D eigenvalue weighted by atomic mass is 32.1. The zero-order chi connectivity index (χ0) is 20.1. The number of hydrogen-bond acceptors (Lipinski definition) is 5. The van der Waals surface area contributed by atoms with Crippen LogP contribution < -0.4 is 5.32 Å². The number of amides is 1. The molecule has 1 aromatic carbocycles. The molecule has 0 spiro atoms. The van der Waals surface area contributed by atoms with Gasteiger partial charge in [-0.1, -0.05) is 18.6 Å². The molecule has 6 heteroatoms. The van der Waals surface area contributed by atoms with Crippen LogP contribution >= 0.6 is 22.7 Å². The average molecular weight is 426 g/mol. The molecular weight excluding hydrogens is 398 g/mol. The van der Waals surface area contributed by atoms with Gasteiger partial charge in [0, 0.05) is 28.9 Å². The fourth-order valence-electron chi connectivity index (χ4n) is 3.67. The average Bonchev–Trinajstić information content (AvgIpc) is 3.38. The van der Waals surface area contributed by atoms with Gasteiger partial charge in [0.05, 0.1) is 15.6 Å². The topological polar surface area (TPSA) is 45.2 Å². The number of thiazole rings is 1. The predicted molar refractivity (Wildman–Crippen MR) is 122 cm³/mol. The molecule has 152 valence electrons. The van der Waals surface area contributed by atoms with Crippen LogP contribution in [0.1, 0.15) is 45.1 Å². The van der Waals surface area contributed by atoms with Crippen molar-refractivity contribution in [3.63, 3.8) is 0 Å². The van der Waals surface area contributed by atoms with E-state index in [0.717, 1.165) is 29.2 Å². The number of benzene rings is 1. The Morgan fingerprint density at radius 3 is 2.62 bits per heavy atom. The number of thiophene rings is 1. The van der Waals surface area contributed by atoms with Gasteiger partial charge in [-0.3, -0.25) is 9.69 Å². The van der Waals surface area contributed by atoms with Gasteiger partial charge in [-0.15, -0.1) is 22.7 Å². The van der Waals surface area contributed by atoms with Crippen LogP contribution in [0.3, 0.4) is 0 Å². The summed E-state index contributed by atoms with van der Waals surface area (Å²) in [5, 5.41) is 6.23. The van der Waals surface area contributed by atoms with Crippen molar-refractivity contribution in [2.75, 3.05) is 19.6 Å². The van der Waals surface area contributed by atoms with E-state index in [0.29, 0.717) is 6.54 Å². The van der Waals surface area contributed by atoms with Crippen LogP contribution in [0.15, 0.2) is 41.8 Å². The number of aryl methyl sites for hydroxylation is 1. The smallest absolute Gasteiger partial charge is 0.251 e. The van der Waals surface area contributed by atoms with Gasteiger partial charge in [0.1, 0.15) is 0 Å². The molecule has 0 bridgehead atoms. The monoisotopic (exact) mass is 425 g/mol. The predicted octanol–water partition coefficient (Wildman–Crippen LogP) is 5.14. The lowest BCUT2D eigenvalue weighted by Crippen LogP contribution is -2.29.